The molecule has 0 unspecified atom stereocenters. The Kier molecular flexibility index (Phi) is 3.48. The van der Waals surface area contributed by atoms with Crippen LogP contribution in [0.3, 0.4) is 0 Å². The van der Waals surface area contributed by atoms with Crippen LogP contribution in [0.1, 0.15) is 0 Å². The van der Waals surface area contributed by atoms with Crippen LogP contribution in [0.25, 0.3) is 0 Å². The number of amides is 1. The van der Waals surface area contributed by atoms with Crippen molar-refractivity contribution < 1.29 is 18.0 Å². The van der Waals surface area contributed by atoms with E-state index in [1.807, 2.05) is 0 Å². The van der Waals surface area contributed by atoms with E-state index in [4.69, 9.17) is 0 Å². The Morgan fingerprint density at radius 2 is 2.20 bits per heavy atom. The van der Waals surface area contributed by atoms with Crippen LogP contribution in [0.4, 0.5) is 18.9 Å². The van der Waals surface area contributed by atoms with Gasteiger partial charge in [0.05, 0.1) is 12.2 Å². The van der Waals surface area contributed by atoms with Crippen LogP contribution in [-0.4, -0.2) is 17.4 Å². The molecular formula is C8H7F3N2O2. The molecule has 0 bridgehead atoms. The highest BCUT2D eigenvalue weighted by atomic mass is 19.3. The molecule has 0 fully saturated rings. The van der Waals surface area contributed by atoms with E-state index < -0.39 is 24.3 Å². The molecule has 15 heavy (non-hydrogen) atoms. The zero-order valence-electron chi connectivity index (χ0n) is 7.41. The van der Waals surface area contributed by atoms with E-state index in [0.29, 0.717) is 4.57 Å². The number of carbonyl (C=O) groups is 1. The first-order chi connectivity index (χ1) is 7.04. The van der Waals surface area contributed by atoms with Crippen molar-refractivity contribution in [1.82, 2.24) is 4.57 Å². The molecule has 0 radical (unpaired) electrons. The largest absolute Gasteiger partial charge is 0.327 e. The molecule has 82 valence electrons. The van der Waals surface area contributed by atoms with Crippen LogP contribution in [0.5, 0.6) is 0 Å². The Labute approximate surface area is 82.3 Å². The summed E-state index contributed by atoms with van der Waals surface area (Å²) in [5, 5.41) is 2.06. The molecule has 7 heteroatoms. The Morgan fingerprint density at radius 1 is 1.53 bits per heavy atom. The van der Waals surface area contributed by atoms with Gasteiger partial charge in [0, 0.05) is 12.3 Å². The van der Waals surface area contributed by atoms with E-state index in [-0.39, 0.29) is 12.1 Å². The second kappa shape index (κ2) is 4.63. The molecule has 0 aliphatic heterocycles. The molecule has 1 aromatic heterocycles. The summed E-state index contributed by atoms with van der Waals surface area (Å²) in [5.41, 5.74) is -1.20. The Morgan fingerprint density at radius 3 is 2.73 bits per heavy atom. The average Bonchev–Trinajstić information content (AvgIpc) is 2.13. The summed E-state index contributed by atoms with van der Waals surface area (Å²) < 4.78 is 37.3. The first-order valence-corrected chi connectivity index (χ1v) is 3.93. The zero-order valence-corrected chi connectivity index (χ0v) is 7.41. The summed E-state index contributed by atoms with van der Waals surface area (Å²) >= 11 is 0. The van der Waals surface area contributed by atoms with E-state index in [0.717, 1.165) is 12.3 Å². The van der Waals surface area contributed by atoms with E-state index in [1.165, 1.54) is 0 Å². The fraction of sp³-hybridized carbons (Fsp3) is 0.250. The number of hydrogen-bond acceptors (Lipinski definition) is 2. The Bertz CT molecular complexity index is 417. The highest BCUT2D eigenvalue weighted by Crippen LogP contribution is 2.06. The van der Waals surface area contributed by atoms with Crippen molar-refractivity contribution in [2.75, 3.05) is 5.32 Å². The molecule has 4 nitrogen and oxygen atoms in total. The lowest BCUT2D eigenvalue weighted by atomic mass is 10.4. The van der Waals surface area contributed by atoms with Gasteiger partial charge in [-0.05, 0) is 0 Å². The van der Waals surface area contributed by atoms with Crippen LogP contribution in [0.15, 0.2) is 17.1 Å². The van der Waals surface area contributed by atoms with Crippen LogP contribution in [0.2, 0.25) is 0 Å². The minimum absolute atomic E-state index is 0.0530. The maximum Gasteiger partial charge on any atom is 0.286 e. The van der Waals surface area contributed by atoms with Gasteiger partial charge in [0.1, 0.15) is 0 Å². The number of aromatic nitrogens is 1. The minimum Gasteiger partial charge on any atom is -0.327 e. The molecule has 0 aromatic carbocycles. The normalized spacial score (nSPS) is 10.4. The fourth-order valence-electron chi connectivity index (χ4n) is 1.03. The molecule has 1 amide bonds. The van der Waals surface area contributed by atoms with Crippen molar-refractivity contribution in [1.29, 1.82) is 0 Å². The van der Waals surface area contributed by atoms with Crippen molar-refractivity contribution in [3.63, 3.8) is 0 Å². The molecule has 1 heterocycles. The fourth-order valence-corrected chi connectivity index (χ4v) is 1.03. The number of pyridine rings is 1. The van der Waals surface area contributed by atoms with Crippen molar-refractivity contribution in [3.8, 4) is 0 Å². The van der Waals surface area contributed by atoms with Crippen molar-refractivity contribution in [2.24, 2.45) is 0 Å². The highest BCUT2D eigenvalue weighted by Gasteiger charge is 2.10. The third-order valence-electron chi connectivity index (χ3n) is 1.60. The van der Waals surface area contributed by atoms with E-state index in [2.05, 4.69) is 5.32 Å². The van der Waals surface area contributed by atoms with Gasteiger partial charge in [0.2, 0.25) is 6.41 Å². The second-order valence-corrected chi connectivity index (χ2v) is 2.69. The number of anilines is 1. The standard InChI is InChI=1S/C8H7F3N2O2/c9-6-1-5(12-4-14)2-13(8(6)15)3-7(10)11/h1-2,4,7H,3H2,(H,12,14). The third-order valence-corrected chi connectivity index (χ3v) is 1.60. The van der Waals surface area contributed by atoms with Crippen LogP contribution in [-0.2, 0) is 11.3 Å². The number of rotatable bonds is 4. The summed E-state index contributed by atoms with van der Waals surface area (Å²) in [5.74, 6) is -1.19. The minimum atomic E-state index is -2.77. The predicted octanol–water partition coefficient (Wildman–Crippen LogP) is 0.821. The van der Waals surface area contributed by atoms with Gasteiger partial charge in [0.15, 0.2) is 5.82 Å². The Balaban J connectivity index is 3.12. The number of nitrogens with zero attached hydrogens (tertiary/aromatic N) is 1. The Hall–Kier alpha value is -1.79. The average molecular weight is 220 g/mol. The van der Waals surface area contributed by atoms with Gasteiger partial charge in [0.25, 0.3) is 12.0 Å². The van der Waals surface area contributed by atoms with E-state index in [1.54, 1.807) is 0 Å². The van der Waals surface area contributed by atoms with Gasteiger partial charge in [-0.25, -0.2) is 13.2 Å². The van der Waals surface area contributed by atoms with Crippen LogP contribution in [0, 0.1) is 5.82 Å². The highest BCUT2D eigenvalue weighted by molar-refractivity contribution is 5.70. The first kappa shape index (κ1) is 11.3. The summed E-state index contributed by atoms with van der Waals surface area (Å²) in [4.78, 5) is 21.0. The molecular weight excluding hydrogens is 213 g/mol. The third kappa shape index (κ3) is 2.83. The number of alkyl halides is 2. The number of nitrogens with one attached hydrogen (secondary N) is 1. The molecule has 0 saturated carbocycles. The molecule has 0 spiro atoms. The number of hydrogen-bond donors (Lipinski definition) is 1. The smallest absolute Gasteiger partial charge is 0.286 e. The van der Waals surface area contributed by atoms with Crippen molar-refractivity contribution >= 4 is 12.1 Å². The molecule has 1 aromatic rings. The van der Waals surface area contributed by atoms with Gasteiger partial charge < -0.3 is 9.88 Å². The molecule has 0 aliphatic carbocycles. The second-order valence-electron chi connectivity index (χ2n) is 2.69. The summed E-state index contributed by atoms with van der Waals surface area (Å²) in [6.45, 7) is -0.913. The SMILES string of the molecule is O=CNc1cc(F)c(=O)n(CC(F)F)c1. The predicted molar refractivity (Wildman–Crippen MR) is 46.4 cm³/mol. The lowest BCUT2D eigenvalue weighted by Gasteiger charge is -2.07. The van der Waals surface area contributed by atoms with Gasteiger partial charge in [-0.1, -0.05) is 0 Å². The molecule has 0 aliphatic rings. The van der Waals surface area contributed by atoms with Gasteiger partial charge >= 0.3 is 0 Å². The zero-order chi connectivity index (χ0) is 11.4. The first-order valence-electron chi connectivity index (χ1n) is 3.93. The van der Waals surface area contributed by atoms with Gasteiger partial charge in [-0.3, -0.25) is 9.59 Å². The quantitative estimate of drug-likeness (QED) is 0.764. The molecule has 0 saturated heterocycles. The van der Waals surface area contributed by atoms with Crippen LogP contribution >= 0.6 is 0 Å². The van der Waals surface area contributed by atoms with Gasteiger partial charge in [-0.15, -0.1) is 0 Å². The maximum absolute atomic E-state index is 12.9. The van der Waals surface area contributed by atoms with E-state index >= 15 is 0 Å². The molecule has 1 rings (SSSR count). The molecule has 0 atom stereocenters. The van der Waals surface area contributed by atoms with E-state index in [9.17, 15) is 22.8 Å². The van der Waals surface area contributed by atoms with Crippen molar-refractivity contribution in [3.05, 3.63) is 28.4 Å². The lowest BCUT2D eigenvalue weighted by Crippen LogP contribution is -2.25. The summed E-state index contributed by atoms with van der Waals surface area (Å²) in [6, 6.07) is 0.763. The monoisotopic (exact) mass is 220 g/mol. The topological polar surface area (TPSA) is 51.1 Å². The van der Waals surface area contributed by atoms with Gasteiger partial charge in [-0.2, -0.15) is 0 Å². The summed E-state index contributed by atoms with van der Waals surface area (Å²) in [6.07, 6.45) is -1.56. The maximum atomic E-state index is 12.9. The van der Waals surface area contributed by atoms with Crippen LogP contribution < -0.4 is 10.9 Å². The molecule has 1 N–H and O–H groups in total. The number of halogens is 3. The summed E-state index contributed by atoms with van der Waals surface area (Å²) in [7, 11) is 0. The number of carbonyl (C=O) groups excluding carboxylic acids is 1. The lowest BCUT2D eigenvalue weighted by molar-refractivity contribution is -0.105. The van der Waals surface area contributed by atoms with Crippen molar-refractivity contribution in [2.45, 2.75) is 13.0 Å².